The number of amides is 2. The molecular formula is C6H7N3O3. The van der Waals surface area contributed by atoms with Gasteiger partial charge in [0.1, 0.15) is 11.4 Å². The summed E-state index contributed by atoms with van der Waals surface area (Å²) in [6, 6.07) is 0.521. The largest absolute Gasteiger partial charge is 0.478 e. The van der Waals surface area contributed by atoms with Crippen molar-refractivity contribution in [1.29, 1.82) is 0 Å². The minimum Gasteiger partial charge on any atom is -0.478 e. The topological polar surface area (TPSA) is 108 Å². The van der Waals surface area contributed by atoms with E-state index in [1.165, 1.54) is 12.3 Å². The van der Waals surface area contributed by atoms with Gasteiger partial charge in [-0.1, -0.05) is 0 Å². The lowest BCUT2D eigenvalue weighted by Crippen LogP contribution is -2.20. The van der Waals surface area contributed by atoms with Crippen LogP contribution in [0.15, 0.2) is 12.3 Å². The number of H-pyrrole nitrogens is 1. The number of primary amides is 1. The van der Waals surface area contributed by atoms with E-state index in [0.29, 0.717) is 0 Å². The highest BCUT2D eigenvalue weighted by Gasteiger charge is 2.11. The van der Waals surface area contributed by atoms with Gasteiger partial charge in [-0.05, 0) is 6.07 Å². The molecule has 0 saturated carbocycles. The van der Waals surface area contributed by atoms with Gasteiger partial charge in [0.05, 0.1) is 0 Å². The van der Waals surface area contributed by atoms with E-state index in [9.17, 15) is 9.59 Å². The van der Waals surface area contributed by atoms with Crippen LogP contribution in [0.1, 0.15) is 10.4 Å². The Morgan fingerprint density at radius 1 is 1.58 bits per heavy atom. The Hall–Kier alpha value is -1.98. The first-order chi connectivity index (χ1) is 5.61. The lowest BCUT2D eigenvalue weighted by molar-refractivity contribution is 0.0698. The van der Waals surface area contributed by atoms with Crippen molar-refractivity contribution in [2.24, 2.45) is 5.73 Å². The van der Waals surface area contributed by atoms with Crippen molar-refractivity contribution in [3.8, 4) is 0 Å². The number of aromatic amines is 1. The molecule has 0 saturated heterocycles. The number of carbonyl (C=O) groups is 2. The molecule has 1 heterocycles. The summed E-state index contributed by atoms with van der Waals surface area (Å²) in [5.74, 6) is -1.03. The number of nitrogens with one attached hydrogen (secondary N) is 2. The quantitative estimate of drug-likeness (QED) is 0.507. The number of urea groups is 1. The average Bonchev–Trinajstić information content (AvgIpc) is 2.33. The van der Waals surface area contributed by atoms with Gasteiger partial charge in [0.2, 0.25) is 0 Å². The zero-order valence-electron chi connectivity index (χ0n) is 6.00. The van der Waals surface area contributed by atoms with Crippen LogP contribution >= 0.6 is 0 Å². The van der Waals surface area contributed by atoms with Gasteiger partial charge >= 0.3 is 12.0 Å². The number of carboxylic acid groups (broad SMARTS) is 1. The normalized spacial score (nSPS) is 9.33. The minimum absolute atomic E-state index is 0.0196. The van der Waals surface area contributed by atoms with Gasteiger partial charge in [0.15, 0.2) is 0 Å². The summed E-state index contributed by atoms with van der Waals surface area (Å²) < 4.78 is 0. The predicted octanol–water partition coefficient (Wildman–Crippen LogP) is 0.204. The second-order valence-corrected chi connectivity index (χ2v) is 2.06. The van der Waals surface area contributed by atoms with E-state index in [2.05, 4.69) is 10.3 Å². The monoisotopic (exact) mass is 169 g/mol. The first kappa shape index (κ1) is 8.12. The maximum Gasteiger partial charge on any atom is 0.339 e. The van der Waals surface area contributed by atoms with E-state index in [4.69, 9.17) is 10.8 Å². The van der Waals surface area contributed by atoms with Gasteiger partial charge in [-0.25, -0.2) is 9.59 Å². The highest BCUT2D eigenvalue weighted by molar-refractivity contribution is 5.98. The Balaban J connectivity index is 2.91. The van der Waals surface area contributed by atoms with Crippen LogP contribution in [-0.2, 0) is 0 Å². The number of hydrogen-bond donors (Lipinski definition) is 4. The number of rotatable bonds is 2. The van der Waals surface area contributed by atoms with Crippen LogP contribution in [0.3, 0.4) is 0 Å². The molecule has 0 bridgehead atoms. The maximum atomic E-state index is 10.5. The third-order valence-electron chi connectivity index (χ3n) is 1.23. The summed E-state index contributed by atoms with van der Waals surface area (Å²) in [4.78, 5) is 23.3. The van der Waals surface area contributed by atoms with Gasteiger partial charge in [-0.3, -0.25) is 5.32 Å². The first-order valence-electron chi connectivity index (χ1n) is 3.08. The Labute approximate surface area is 67.4 Å². The van der Waals surface area contributed by atoms with E-state index in [0.717, 1.165) is 0 Å². The molecule has 12 heavy (non-hydrogen) atoms. The summed E-state index contributed by atoms with van der Waals surface area (Å²) in [6.45, 7) is 0. The van der Waals surface area contributed by atoms with Crippen molar-refractivity contribution in [1.82, 2.24) is 4.98 Å². The summed E-state index contributed by atoms with van der Waals surface area (Å²) in [6.07, 6.45) is 1.40. The Morgan fingerprint density at radius 3 is 2.75 bits per heavy atom. The van der Waals surface area contributed by atoms with Crippen LogP contribution < -0.4 is 11.1 Å². The molecule has 5 N–H and O–H groups in total. The Morgan fingerprint density at radius 2 is 2.25 bits per heavy atom. The Bertz CT molecular complexity index is 318. The molecule has 0 fully saturated rings. The fraction of sp³-hybridized carbons (Fsp3) is 0. The molecular weight excluding hydrogens is 162 g/mol. The number of aromatic nitrogens is 1. The summed E-state index contributed by atoms with van der Waals surface area (Å²) >= 11 is 0. The van der Waals surface area contributed by atoms with Gasteiger partial charge < -0.3 is 15.8 Å². The van der Waals surface area contributed by atoms with Crippen molar-refractivity contribution >= 4 is 17.8 Å². The minimum atomic E-state index is -1.12. The Kier molecular flexibility index (Phi) is 2.00. The third kappa shape index (κ3) is 1.54. The van der Waals surface area contributed by atoms with Crippen LogP contribution in [0.5, 0.6) is 0 Å². The van der Waals surface area contributed by atoms with E-state index in [-0.39, 0.29) is 11.4 Å². The predicted molar refractivity (Wildman–Crippen MR) is 41.0 cm³/mol. The number of anilines is 1. The molecule has 0 aliphatic heterocycles. The molecule has 1 aromatic heterocycles. The number of carbonyl (C=O) groups excluding carboxylic acids is 1. The molecule has 1 aromatic rings. The molecule has 0 radical (unpaired) electrons. The summed E-state index contributed by atoms with van der Waals surface area (Å²) in [7, 11) is 0. The van der Waals surface area contributed by atoms with E-state index in [1.807, 2.05) is 0 Å². The van der Waals surface area contributed by atoms with Crippen molar-refractivity contribution in [3.63, 3.8) is 0 Å². The second kappa shape index (κ2) is 2.95. The lowest BCUT2D eigenvalue weighted by atomic mass is 10.3. The average molecular weight is 169 g/mol. The molecule has 0 aliphatic carbocycles. The van der Waals surface area contributed by atoms with Gasteiger partial charge in [0, 0.05) is 6.20 Å². The van der Waals surface area contributed by atoms with E-state index in [1.54, 1.807) is 0 Å². The first-order valence-corrected chi connectivity index (χ1v) is 3.08. The van der Waals surface area contributed by atoms with Gasteiger partial charge in [-0.15, -0.1) is 0 Å². The zero-order chi connectivity index (χ0) is 9.14. The molecule has 0 unspecified atom stereocenters. The van der Waals surface area contributed by atoms with E-state index >= 15 is 0 Å². The van der Waals surface area contributed by atoms with Crippen molar-refractivity contribution < 1.29 is 14.7 Å². The molecule has 2 amide bonds. The molecule has 0 aliphatic rings. The fourth-order valence-corrected chi connectivity index (χ4v) is 0.774. The van der Waals surface area contributed by atoms with Crippen molar-refractivity contribution in [2.45, 2.75) is 0 Å². The smallest absolute Gasteiger partial charge is 0.339 e. The zero-order valence-corrected chi connectivity index (χ0v) is 6.00. The van der Waals surface area contributed by atoms with Gasteiger partial charge in [-0.2, -0.15) is 0 Å². The van der Waals surface area contributed by atoms with Crippen LogP contribution in [0, 0.1) is 0 Å². The van der Waals surface area contributed by atoms with E-state index < -0.39 is 12.0 Å². The highest BCUT2D eigenvalue weighted by atomic mass is 16.4. The summed E-state index contributed by atoms with van der Waals surface area (Å²) in [5.41, 5.74) is 4.77. The molecule has 0 atom stereocenters. The fourth-order valence-electron chi connectivity index (χ4n) is 0.774. The number of hydrogen-bond acceptors (Lipinski definition) is 2. The van der Waals surface area contributed by atoms with Crippen LogP contribution in [0.2, 0.25) is 0 Å². The highest BCUT2D eigenvalue weighted by Crippen LogP contribution is 2.11. The summed E-state index contributed by atoms with van der Waals surface area (Å²) in [5, 5.41) is 10.7. The van der Waals surface area contributed by atoms with Gasteiger partial charge in [0.25, 0.3) is 0 Å². The van der Waals surface area contributed by atoms with Crippen molar-refractivity contribution in [3.05, 3.63) is 17.8 Å². The number of nitrogens with two attached hydrogens (primary N) is 1. The molecule has 6 nitrogen and oxygen atoms in total. The third-order valence-corrected chi connectivity index (χ3v) is 1.23. The SMILES string of the molecule is NC(=O)Nc1[nH]ccc1C(=O)O. The standard InChI is InChI=1S/C6H7N3O3/c7-6(12)9-4-3(5(10)11)1-2-8-4/h1-2,8H,(H,10,11)(H3,7,9,12). The molecule has 0 aromatic carbocycles. The molecule has 64 valence electrons. The maximum absolute atomic E-state index is 10.5. The lowest BCUT2D eigenvalue weighted by Gasteiger charge is -1.98. The van der Waals surface area contributed by atoms with Crippen LogP contribution in [0.25, 0.3) is 0 Å². The van der Waals surface area contributed by atoms with Crippen LogP contribution in [-0.4, -0.2) is 22.1 Å². The molecule has 1 rings (SSSR count). The molecule has 6 heteroatoms. The number of aromatic carboxylic acids is 1. The van der Waals surface area contributed by atoms with Crippen molar-refractivity contribution in [2.75, 3.05) is 5.32 Å². The number of carboxylic acids is 1. The van der Waals surface area contributed by atoms with Crippen LogP contribution in [0.4, 0.5) is 10.6 Å². The second-order valence-electron chi connectivity index (χ2n) is 2.06. The molecule has 0 spiro atoms.